The summed E-state index contributed by atoms with van der Waals surface area (Å²) in [5.74, 6) is 0.460. The Bertz CT molecular complexity index is 667. The van der Waals surface area contributed by atoms with E-state index in [2.05, 4.69) is 10.6 Å². The second kappa shape index (κ2) is 6.86. The van der Waals surface area contributed by atoms with Crippen molar-refractivity contribution in [3.63, 3.8) is 0 Å². The van der Waals surface area contributed by atoms with Gasteiger partial charge in [-0.05, 0) is 31.5 Å². The molecule has 1 heterocycles. The highest BCUT2D eigenvalue weighted by atomic mass is 16.6. The van der Waals surface area contributed by atoms with E-state index in [9.17, 15) is 14.9 Å². The summed E-state index contributed by atoms with van der Waals surface area (Å²) < 4.78 is 5.24. The Labute approximate surface area is 127 Å². The van der Waals surface area contributed by atoms with Crippen molar-refractivity contribution in [2.24, 2.45) is 0 Å². The number of carbonyl (C=O) groups is 1. The predicted octanol–water partition coefficient (Wildman–Crippen LogP) is 2.79. The monoisotopic (exact) mass is 303 g/mol. The van der Waals surface area contributed by atoms with Gasteiger partial charge in [-0.1, -0.05) is 6.07 Å². The summed E-state index contributed by atoms with van der Waals surface area (Å²) in [7, 11) is 0. The molecule has 1 amide bonds. The van der Waals surface area contributed by atoms with Gasteiger partial charge in [-0.15, -0.1) is 0 Å². The van der Waals surface area contributed by atoms with Gasteiger partial charge in [0.05, 0.1) is 29.5 Å². The summed E-state index contributed by atoms with van der Waals surface area (Å²) in [4.78, 5) is 22.2. The number of nitro groups is 1. The summed E-state index contributed by atoms with van der Waals surface area (Å²) in [5, 5.41) is 16.5. The molecular weight excluding hydrogens is 286 g/mol. The van der Waals surface area contributed by atoms with Gasteiger partial charge < -0.3 is 9.73 Å². The number of hydrogen-bond donors (Lipinski definition) is 2. The smallest absolute Gasteiger partial charge is 0.271 e. The highest BCUT2D eigenvalue weighted by Crippen LogP contribution is 2.21. The Balaban J connectivity index is 1.94. The van der Waals surface area contributed by atoms with Gasteiger partial charge in [0, 0.05) is 12.1 Å². The first-order valence-corrected chi connectivity index (χ1v) is 6.79. The Morgan fingerprint density at radius 2 is 2.18 bits per heavy atom. The number of non-ortho nitro benzene ring substituents is 1. The van der Waals surface area contributed by atoms with Gasteiger partial charge in [0.25, 0.3) is 5.69 Å². The van der Waals surface area contributed by atoms with Crippen LogP contribution in [0.25, 0.3) is 0 Å². The van der Waals surface area contributed by atoms with E-state index in [0.29, 0.717) is 5.69 Å². The molecule has 2 aromatic rings. The molecule has 7 nitrogen and oxygen atoms in total. The number of hydrogen-bond acceptors (Lipinski definition) is 5. The van der Waals surface area contributed by atoms with Crippen LogP contribution in [-0.4, -0.2) is 17.4 Å². The molecule has 0 unspecified atom stereocenters. The lowest BCUT2D eigenvalue weighted by Crippen LogP contribution is -2.30. The third kappa shape index (κ3) is 3.92. The van der Waals surface area contributed by atoms with Crippen molar-refractivity contribution in [3.05, 3.63) is 58.0 Å². The van der Waals surface area contributed by atoms with Gasteiger partial charge in [0.1, 0.15) is 5.76 Å². The zero-order valence-corrected chi connectivity index (χ0v) is 12.3. The van der Waals surface area contributed by atoms with Crippen LogP contribution in [0.2, 0.25) is 0 Å². The number of amides is 1. The average molecular weight is 303 g/mol. The van der Waals surface area contributed by atoms with Crippen LogP contribution >= 0.6 is 0 Å². The van der Waals surface area contributed by atoms with Crippen molar-refractivity contribution in [2.75, 3.05) is 11.9 Å². The second-order valence-electron chi connectivity index (χ2n) is 4.92. The first kappa shape index (κ1) is 15.7. The van der Waals surface area contributed by atoms with E-state index in [-0.39, 0.29) is 24.2 Å². The number of carbonyl (C=O) groups excluding carboxylic acids is 1. The van der Waals surface area contributed by atoms with Crippen LogP contribution in [0.15, 0.2) is 41.0 Å². The Kier molecular flexibility index (Phi) is 4.90. The third-order valence-electron chi connectivity index (χ3n) is 3.24. The fourth-order valence-electron chi connectivity index (χ4n) is 1.94. The summed E-state index contributed by atoms with van der Waals surface area (Å²) in [6.07, 6.45) is 1.57. The number of furan rings is 1. The summed E-state index contributed by atoms with van der Waals surface area (Å²) in [6, 6.07) is 7.85. The molecule has 2 N–H and O–H groups in total. The molecule has 1 atom stereocenters. The number of nitrogens with one attached hydrogen (secondary N) is 2. The zero-order valence-electron chi connectivity index (χ0n) is 12.3. The van der Waals surface area contributed by atoms with Crippen LogP contribution in [0.1, 0.15) is 24.3 Å². The van der Waals surface area contributed by atoms with Crippen molar-refractivity contribution in [3.8, 4) is 0 Å². The minimum atomic E-state index is -0.494. The van der Waals surface area contributed by atoms with Crippen LogP contribution < -0.4 is 10.6 Å². The lowest BCUT2D eigenvalue weighted by atomic mass is 10.2. The van der Waals surface area contributed by atoms with Gasteiger partial charge in [-0.3, -0.25) is 20.2 Å². The maximum absolute atomic E-state index is 11.9. The van der Waals surface area contributed by atoms with E-state index in [1.807, 2.05) is 13.0 Å². The van der Waals surface area contributed by atoms with E-state index in [4.69, 9.17) is 4.42 Å². The molecule has 2 rings (SSSR count). The number of rotatable bonds is 6. The molecular formula is C15H17N3O4. The molecule has 0 radical (unpaired) electrons. The molecule has 1 aromatic carbocycles. The highest BCUT2D eigenvalue weighted by molar-refractivity contribution is 5.93. The standard InChI is InChI=1S/C15H17N3O4/c1-10-5-6-12(18(20)21)8-13(10)17-15(19)9-16-11(2)14-4-3-7-22-14/h3-8,11,16H,9H2,1-2H3,(H,17,19)/t11-/m0/s1. The van der Waals surface area contributed by atoms with Gasteiger partial charge >= 0.3 is 0 Å². The molecule has 0 spiro atoms. The lowest BCUT2D eigenvalue weighted by molar-refractivity contribution is -0.384. The first-order valence-electron chi connectivity index (χ1n) is 6.79. The van der Waals surface area contributed by atoms with Crippen LogP contribution in [0.5, 0.6) is 0 Å². The minimum absolute atomic E-state index is 0.0576. The average Bonchev–Trinajstić information content (AvgIpc) is 3.01. The van der Waals surface area contributed by atoms with E-state index in [0.717, 1.165) is 11.3 Å². The quantitative estimate of drug-likeness (QED) is 0.631. The fourth-order valence-corrected chi connectivity index (χ4v) is 1.94. The minimum Gasteiger partial charge on any atom is -0.468 e. The van der Waals surface area contributed by atoms with Crippen molar-refractivity contribution in [1.82, 2.24) is 5.32 Å². The zero-order chi connectivity index (χ0) is 16.1. The molecule has 0 aliphatic carbocycles. The Hall–Kier alpha value is -2.67. The SMILES string of the molecule is Cc1ccc([N+](=O)[O-])cc1NC(=O)CN[C@@H](C)c1ccco1. The summed E-state index contributed by atoms with van der Waals surface area (Å²) in [5.41, 5.74) is 1.14. The molecule has 116 valence electrons. The second-order valence-corrected chi connectivity index (χ2v) is 4.92. The molecule has 0 fully saturated rings. The molecule has 7 heteroatoms. The van der Waals surface area contributed by atoms with Crippen LogP contribution in [0.4, 0.5) is 11.4 Å². The topological polar surface area (TPSA) is 97.4 Å². The molecule has 0 aliphatic rings. The van der Waals surface area contributed by atoms with E-state index in [1.165, 1.54) is 12.1 Å². The third-order valence-corrected chi connectivity index (χ3v) is 3.24. The van der Waals surface area contributed by atoms with Crippen molar-refractivity contribution in [2.45, 2.75) is 19.9 Å². The normalized spacial score (nSPS) is 11.9. The maximum atomic E-state index is 11.9. The fraction of sp³-hybridized carbons (Fsp3) is 0.267. The number of aryl methyl sites for hydroxylation is 1. The molecule has 0 saturated heterocycles. The van der Waals surface area contributed by atoms with Gasteiger partial charge in [-0.25, -0.2) is 0 Å². The van der Waals surface area contributed by atoms with Gasteiger partial charge in [0.15, 0.2) is 0 Å². The van der Waals surface area contributed by atoms with E-state index >= 15 is 0 Å². The lowest BCUT2D eigenvalue weighted by Gasteiger charge is -2.12. The van der Waals surface area contributed by atoms with Crippen LogP contribution in [0, 0.1) is 17.0 Å². The number of anilines is 1. The first-order chi connectivity index (χ1) is 10.5. The van der Waals surface area contributed by atoms with E-state index in [1.54, 1.807) is 25.3 Å². The molecule has 0 bridgehead atoms. The number of benzene rings is 1. The van der Waals surface area contributed by atoms with Crippen LogP contribution in [0.3, 0.4) is 0 Å². The van der Waals surface area contributed by atoms with Crippen molar-refractivity contribution < 1.29 is 14.1 Å². The van der Waals surface area contributed by atoms with Gasteiger partial charge in [0.2, 0.25) is 5.91 Å². The largest absolute Gasteiger partial charge is 0.468 e. The number of nitrogens with zero attached hydrogens (tertiary/aromatic N) is 1. The van der Waals surface area contributed by atoms with Crippen LogP contribution in [-0.2, 0) is 4.79 Å². The van der Waals surface area contributed by atoms with Crippen molar-refractivity contribution >= 4 is 17.3 Å². The van der Waals surface area contributed by atoms with Gasteiger partial charge in [-0.2, -0.15) is 0 Å². The number of nitro benzene ring substituents is 1. The molecule has 0 aliphatic heterocycles. The molecule has 22 heavy (non-hydrogen) atoms. The maximum Gasteiger partial charge on any atom is 0.271 e. The molecule has 1 aromatic heterocycles. The highest BCUT2D eigenvalue weighted by Gasteiger charge is 2.13. The van der Waals surface area contributed by atoms with E-state index < -0.39 is 4.92 Å². The Morgan fingerprint density at radius 1 is 1.41 bits per heavy atom. The Morgan fingerprint density at radius 3 is 2.82 bits per heavy atom. The molecule has 0 saturated carbocycles. The summed E-state index contributed by atoms with van der Waals surface area (Å²) >= 11 is 0. The van der Waals surface area contributed by atoms with Crippen molar-refractivity contribution in [1.29, 1.82) is 0 Å². The summed E-state index contributed by atoms with van der Waals surface area (Å²) in [6.45, 7) is 3.73. The predicted molar refractivity (Wildman–Crippen MR) is 81.6 cm³/mol.